The van der Waals surface area contributed by atoms with Crippen LogP contribution < -0.4 is 20.3 Å². The van der Waals surface area contributed by atoms with Crippen molar-refractivity contribution in [3.8, 4) is 5.75 Å². The summed E-state index contributed by atoms with van der Waals surface area (Å²) in [6.45, 7) is 2.12. The number of nitrogens with zero attached hydrogens (tertiary/aromatic N) is 1. The molecule has 6 nitrogen and oxygen atoms in total. The van der Waals surface area contributed by atoms with Gasteiger partial charge in [0.2, 0.25) is 0 Å². The van der Waals surface area contributed by atoms with Crippen molar-refractivity contribution < 1.29 is 14.3 Å². The molecule has 0 saturated carbocycles. The maximum atomic E-state index is 12.6. The molecule has 0 aromatic heterocycles. The number of hydrogen-bond donors (Lipinski definition) is 2. The summed E-state index contributed by atoms with van der Waals surface area (Å²) < 4.78 is 5.41. The van der Waals surface area contributed by atoms with Crippen LogP contribution in [-0.4, -0.2) is 38.6 Å². The molecule has 0 bridgehead atoms. The average molecular weight is 365 g/mol. The highest BCUT2D eigenvalue weighted by atomic mass is 16.5. The van der Waals surface area contributed by atoms with Gasteiger partial charge in [0.1, 0.15) is 5.75 Å². The van der Waals surface area contributed by atoms with Crippen molar-refractivity contribution in [2.45, 2.75) is 18.8 Å². The van der Waals surface area contributed by atoms with Gasteiger partial charge in [-0.25, -0.2) is 0 Å². The minimum absolute atomic E-state index is 0.0398. The van der Waals surface area contributed by atoms with Crippen LogP contribution in [0.2, 0.25) is 0 Å². The van der Waals surface area contributed by atoms with Crippen molar-refractivity contribution in [3.05, 3.63) is 53.6 Å². The lowest BCUT2D eigenvalue weighted by atomic mass is 9.91. The summed E-state index contributed by atoms with van der Waals surface area (Å²) in [4.78, 5) is 25.9. The maximum Gasteiger partial charge on any atom is 0.264 e. The van der Waals surface area contributed by atoms with E-state index in [2.05, 4.69) is 10.6 Å². The molecule has 2 aromatic rings. The molecule has 2 aliphatic rings. The summed E-state index contributed by atoms with van der Waals surface area (Å²) in [5.74, 6) is 0.873. The predicted molar refractivity (Wildman–Crippen MR) is 105 cm³/mol. The highest BCUT2D eigenvalue weighted by Gasteiger charge is 2.22. The molecule has 1 atom stereocenters. The molecule has 1 saturated heterocycles. The van der Waals surface area contributed by atoms with Crippen LogP contribution in [0.5, 0.6) is 5.75 Å². The molecule has 0 aliphatic carbocycles. The van der Waals surface area contributed by atoms with Gasteiger partial charge in [0.05, 0.1) is 5.69 Å². The van der Waals surface area contributed by atoms with Crippen LogP contribution in [0.1, 0.15) is 34.7 Å². The SMILES string of the molecule is CN1C(=O)COc2ccc(NC(=O)c3ccc(C4CCCNC4)cc3)cc21. The first kappa shape index (κ1) is 17.5. The Morgan fingerprint density at radius 1 is 1.22 bits per heavy atom. The normalized spacial score (nSPS) is 19.2. The molecule has 0 radical (unpaired) electrons. The van der Waals surface area contributed by atoms with Gasteiger partial charge in [0, 0.05) is 24.8 Å². The van der Waals surface area contributed by atoms with Crippen LogP contribution in [0.15, 0.2) is 42.5 Å². The van der Waals surface area contributed by atoms with Crippen LogP contribution in [-0.2, 0) is 4.79 Å². The quantitative estimate of drug-likeness (QED) is 0.877. The summed E-state index contributed by atoms with van der Waals surface area (Å²) in [5, 5.41) is 6.32. The lowest BCUT2D eigenvalue weighted by Gasteiger charge is -2.26. The fourth-order valence-corrected chi connectivity index (χ4v) is 3.60. The fraction of sp³-hybridized carbons (Fsp3) is 0.333. The Balaban J connectivity index is 1.47. The van der Waals surface area contributed by atoms with E-state index >= 15 is 0 Å². The zero-order valence-corrected chi connectivity index (χ0v) is 15.3. The number of hydrogen-bond acceptors (Lipinski definition) is 4. The molecular formula is C21H23N3O3. The molecule has 27 heavy (non-hydrogen) atoms. The van der Waals surface area contributed by atoms with Crippen molar-refractivity contribution in [1.29, 1.82) is 0 Å². The third-order valence-corrected chi connectivity index (χ3v) is 5.24. The van der Waals surface area contributed by atoms with Gasteiger partial charge < -0.3 is 20.3 Å². The Hall–Kier alpha value is -2.86. The molecular weight excluding hydrogens is 342 g/mol. The lowest BCUT2D eigenvalue weighted by molar-refractivity contribution is -0.120. The number of carbonyl (C=O) groups is 2. The third kappa shape index (κ3) is 3.66. The molecule has 2 N–H and O–H groups in total. The minimum atomic E-state index is -0.172. The van der Waals surface area contributed by atoms with Crippen molar-refractivity contribution in [2.24, 2.45) is 0 Å². The van der Waals surface area contributed by atoms with E-state index in [0.717, 1.165) is 13.1 Å². The molecule has 2 aliphatic heterocycles. The lowest BCUT2D eigenvalue weighted by Crippen LogP contribution is -2.35. The van der Waals surface area contributed by atoms with Crippen LogP contribution in [0.25, 0.3) is 0 Å². The highest BCUT2D eigenvalue weighted by Crippen LogP contribution is 2.33. The van der Waals surface area contributed by atoms with E-state index < -0.39 is 0 Å². The molecule has 6 heteroatoms. The molecule has 140 valence electrons. The summed E-state index contributed by atoms with van der Waals surface area (Å²) in [6.07, 6.45) is 2.37. The summed E-state index contributed by atoms with van der Waals surface area (Å²) in [5.41, 5.74) is 3.17. The zero-order valence-electron chi connectivity index (χ0n) is 15.3. The molecule has 4 rings (SSSR count). The standard InChI is InChI=1S/C21H23N3O3/c1-24-18-11-17(8-9-19(18)27-13-20(24)25)23-21(26)15-6-4-14(5-7-15)16-3-2-10-22-12-16/h4-9,11,16,22H,2-3,10,12-13H2,1H3,(H,23,26). The number of carbonyl (C=O) groups excluding carboxylic acids is 2. The van der Waals surface area contributed by atoms with Crippen LogP contribution in [0.4, 0.5) is 11.4 Å². The van der Waals surface area contributed by atoms with Crippen molar-refractivity contribution in [3.63, 3.8) is 0 Å². The van der Waals surface area contributed by atoms with E-state index in [1.54, 1.807) is 30.1 Å². The van der Waals surface area contributed by atoms with E-state index in [-0.39, 0.29) is 18.4 Å². The van der Waals surface area contributed by atoms with Gasteiger partial charge in [0.15, 0.2) is 6.61 Å². The Labute approximate surface area is 158 Å². The Bertz CT molecular complexity index is 857. The predicted octanol–water partition coefficient (Wildman–Crippen LogP) is 2.76. The summed E-state index contributed by atoms with van der Waals surface area (Å²) in [7, 11) is 1.70. The first-order valence-corrected chi connectivity index (χ1v) is 9.27. The molecule has 0 spiro atoms. The Morgan fingerprint density at radius 3 is 2.78 bits per heavy atom. The summed E-state index contributed by atoms with van der Waals surface area (Å²) in [6, 6.07) is 13.1. The number of amides is 2. The number of benzene rings is 2. The second-order valence-corrected chi connectivity index (χ2v) is 7.04. The van der Waals surface area contributed by atoms with Crippen LogP contribution in [0.3, 0.4) is 0 Å². The number of fused-ring (bicyclic) bond motifs is 1. The second-order valence-electron chi connectivity index (χ2n) is 7.04. The second kappa shape index (κ2) is 7.40. The van der Waals surface area contributed by atoms with Crippen molar-refractivity contribution >= 4 is 23.2 Å². The number of likely N-dealkylation sites (N-methyl/N-ethyl adjacent to an activating group) is 1. The molecule has 2 amide bonds. The van der Waals surface area contributed by atoms with E-state index in [1.807, 2.05) is 24.3 Å². The van der Waals surface area contributed by atoms with Gasteiger partial charge >= 0.3 is 0 Å². The van der Waals surface area contributed by atoms with Gasteiger partial charge in [0.25, 0.3) is 11.8 Å². The first-order chi connectivity index (χ1) is 13.1. The average Bonchev–Trinajstić information content (AvgIpc) is 2.72. The smallest absolute Gasteiger partial charge is 0.264 e. The third-order valence-electron chi connectivity index (χ3n) is 5.24. The van der Waals surface area contributed by atoms with Crippen molar-refractivity contribution in [2.75, 3.05) is 37.0 Å². The van der Waals surface area contributed by atoms with Gasteiger partial charge in [-0.2, -0.15) is 0 Å². The van der Waals surface area contributed by atoms with Gasteiger partial charge in [-0.1, -0.05) is 12.1 Å². The monoisotopic (exact) mass is 365 g/mol. The van der Waals surface area contributed by atoms with Crippen LogP contribution >= 0.6 is 0 Å². The van der Waals surface area contributed by atoms with Gasteiger partial charge in [-0.05, 0) is 61.2 Å². The minimum Gasteiger partial charge on any atom is -0.482 e. The number of nitrogens with one attached hydrogen (secondary N) is 2. The van der Waals surface area contributed by atoms with Gasteiger partial charge in [-0.3, -0.25) is 9.59 Å². The number of rotatable bonds is 3. The largest absolute Gasteiger partial charge is 0.482 e. The zero-order chi connectivity index (χ0) is 18.8. The van der Waals surface area contributed by atoms with E-state index in [0.29, 0.717) is 28.6 Å². The topological polar surface area (TPSA) is 70.7 Å². The van der Waals surface area contributed by atoms with E-state index in [9.17, 15) is 9.59 Å². The Kier molecular flexibility index (Phi) is 4.81. The van der Waals surface area contributed by atoms with E-state index in [4.69, 9.17) is 4.74 Å². The molecule has 2 heterocycles. The molecule has 1 unspecified atom stereocenters. The molecule has 1 fully saturated rings. The van der Waals surface area contributed by atoms with E-state index in [1.165, 1.54) is 18.4 Å². The molecule has 2 aromatic carbocycles. The van der Waals surface area contributed by atoms with Gasteiger partial charge in [-0.15, -0.1) is 0 Å². The highest BCUT2D eigenvalue weighted by molar-refractivity contribution is 6.05. The number of anilines is 2. The fourth-order valence-electron chi connectivity index (χ4n) is 3.60. The first-order valence-electron chi connectivity index (χ1n) is 9.27. The summed E-state index contributed by atoms with van der Waals surface area (Å²) >= 11 is 0. The number of piperidine rings is 1. The Morgan fingerprint density at radius 2 is 2.04 bits per heavy atom. The van der Waals surface area contributed by atoms with Crippen molar-refractivity contribution in [1.82, 2.24) is 5.32 Å². The maximum absolute atomic E-state index is 12.6. The number of ether oxygens (including phenoxy) is 1. The van der Waals surface area contributed by atoms with Crippen LogP contribution in [0, 0.1) is 0 Å².